The van der Waals surface area contributed by atoms with Crippen LogP contribution in [0.2, 0.25) is 0 Å². The number of aromatic nitrogens is 1. The van der Waals surface area contributed by atoms with Crippen LogP contribution in [0.3, 0.4) is 0 Å². The van der Waals surface area contributed by atoms with Gasteiger partial charge in [0.25, 0.3) is 0 Å². The summed E-state index contributed by atoms with van der Waals surface area (Å²) < 4.78 is 33.2. The summed E-state index contributed by atoms with van der Waals surface area (Å²) in [5, 5.41) is 0. The van der Waals surface area contributed by atoms with Crippen molar-refractivity contribution < 1.29 is 22.7 Å². The third kappa shape index (κ3) is 4.13. The Kier molecular flexibility index (Phi) is 6.33. The summed E-state index contributed by atoms with van der Waals surface area (Å²) in [6.45, 7) is 8.30. The van der Waals surface area contributed by atoms with E-state index in [4.69, 9.17) is 4.74 Å². The fourth-order valence-corrected chi connectivity index (χ4v) is 5.59. The number of ether oxygens (including phenoxy) is 1. The van der Waals surface area contributed by atoms with Gasteiger partial charge in [-0.25, -0.2) is 13.2 Å². The van der Waals surface area contributed by atoms with Crippen molar-refractivity contribution in [2.75, 3.05) is 37.7 Å². The number of ketones is 1. The van der Waals surface area contributed by atoms with E-state index in [1.807, 2.05) is 12.1 Å². The van der Waals surface area contributed by atoms with Crippen molar-refractivity contribution in [2.45, 2.75) is 32.6 Å². The molecule has 3 rings (SSSR count). The third-order valence-electron chi connectivity index (χ3n) is 5.27. The highest BCUT2D eigenvalue weighted by atomic mass is 32.2. The molecule has 0 spiro atoms. The molecule has 1 aliphatic rings. The number of hydrogen-bond acceptors (Lipinski definition) is 6. The van der Waals surface area contributed by atoms with Gasteiger partial charge >= 0.3 is 5.97 Å². The summed E-state index contributed by atoms with van der Waals surface area (Å²) in [5.74, 6) is -0.630. The molecule has 1 aromatic carbocycles. The fourth-order valence-electron chi connectivity index (χ4n) is 3.75. The minimum absolute atomic E-state index is 0.00212. The highest BCUT2D eigenvalue weighted by Gasteiger charge is 2.35. The SMILES string of the molecule is CCOC(=O)c1c(C)[nH]c(C)c1S(=O)(=O)N1CCN(c2ccc(C(C)=O)cc2)CC1. The van der Waals surface area contributed by atoms with E-state index in [0.717, 1.165) is 5.69 Å². The fraction of sp³-hybridized carbons (Fsp3) is 0.429. The normalized spacial score (nSPS) is 15.3. The Hall–Kier alpha value is -2.65. The molecule has 1 N–H and O–H groups in total. The maximum absolute atomic E-state index is 13.4. The minimum Gasteiger partial charge on any atom is -0.462 e. The van der Waals surface area contributed by atoms with Crippen molar-refractivity contribution >= 4 is 27.5 Å². The standard InChI is InChI=1S/C21H27N3O5S/c1-5-29-21(26)19-14(2)22-15(3)20(19)30(27,28)24-12-10-23(11-13-24)18-8-6-17(7-9-18)16(4)25/h6-9,22H,5,10-13H2,1-4H3. The molecule has 8 nitrogen and oxygen atoms in total. The van der Waals surface area contributed by atoms with Crippen LogP contribution in [0.1, 0.15) is 46.0 Å². The van der Waals surface area contributed by atoms with Gasteiger partial charge in [0, 0.05) is 48.8 Å². The number of benzene rings is 1. The average Bonchev–Trinajstić information content (AvgIpc) is 3.03. The predicted molar refractivity (Wildman–Crippen MR) is 114 cm³/mol. The van der Waals surface area contributed by atoms with E-state index in [-0.39, 0.29) is 22.8 Å². The van der Waals surface area contributed by atoms with Gasteiger partial charge < -0.3 is 14.6 Å². The zero-order valence-electron chi connectivity index (χ0n) is 17.7. The smallest absolute Gasteiger partial charge is 0.341 e. The molecule has 0 unspecified atom stereocenters. The Balaban J connectivity index is 1.80. The molecule has 1 fully saturated rings. The van der Waals surface area contributed by atoms with Gasteiger partial charge in [-0.15, -0.1) is 0 Å². The Labute approximate surface area is 176 Å². The van der Waals surface area contributed by atoms with Crippen molar-refractivity contribution in [2.24, 2.45) is 0 Å². The maximum Gasteiger partial charge on any atom is 0.341 e. The average molecular weight is 434 g/mol. The van der Waals surface area contributed by atoms with E-state index in [0.29, 0.717) is 43.1 Å². The van der Waals surface area contributed by atoms with Crippen LogP contribution in [0.25, 0.3) is 0 Å². The highest BCUT2D eigenvalue weighted by molar-refractivity contribution is 7.89. The molecule has 0 atom stereocenters. The summed E-state index contributed by atoms with van der Waals surface area (Å²) in [6.07, 6.45) is 0. The predicted octanol–water partition coefficient (Wildman–Crippen LogP) is 2.52. The Morgan fingerprint density at radius 2 is 1.63 bits per heavy atom. The summed E-state index contributed by atoms with van der Waals surface area (Å²) in [6, 6.07) is 7.30. The van der Waals surface area contributed by atoms with E-state index in [1.54, 1.807) is 32.9 Å². The zero-order chi connectivity index (χ0) is 22.1. The first kappa shape index (κ1) is 22.0. The van der Waals surface area contributed by atoms with E-state index in [2.05, 4.69) is 9.88 Å². The number of sulfonamides is 1. The molecule has 162 valence electrons. The molecule has 1 saturated heterocycles. The van der Waals surface area contributed by atoms with Gasteiger partial charge in [0.05, 0.1) is 6.61 Å². The van der Waals surface area contributed by atoms with E-state index in [1.165, 1.54) is 11.2 Å². The number of Topliss-reactive ketones (excluding diaryl/α,β-unsaturated/α-hetero) is 1. The van der Waals surface area contributed by atoms with Crippen LogP contribution < -0.4 is 4.90 Å². The summed E-state index contributed by atoms with van der Waals surface area (Å²) >= 11 is 0. The number of carbonyl (C=O) groups is 2. The van der Waals surface area contributed by atoms with Crippen LogP contribution in [0, 0.1) is 13.8 Å². The molecule has 0 saturated carbocycles. The molecule has 2 heterocycles. The molecule has 0 aliphatic carbocycles. The van der Waals surface area contributed by atoms with E-state index < -0.39 is 16.0 Å². The molecular formula is C21H27N3O5S. The van der Waals surface area contributed by atoms with Gasteiger partial charge in [0.1, 0.15) is 10.5 Å². The van der Waals surface area contributed by atoms with Crippen LogP contribution in [0.15, 0.2) is 29.2 Å². The quantitative estimate of drug-likeness (QED) is 0.555. The number of nitrogens with zero attached hydrogens (tertiary/aromatic N) is 2. The van der Waals surface area contributed by atoms with Crippen LogP contribution in [-0.4, -0.2) is 62.2 Å². The molecule has 1 aromatic heterocycles. The molecular weight excluding hydrogens is 406 g/mol. The van der Waals surface area contributed by atoms with Gasteiger partial charge in [-0.3, -0.25) is 4.79 Å². The van der Waals surface area contributed by atoms with Crippen LogP contribution in [0.5, 0.6) is 0 Å². The lowest BCUT2D eigenvalue weighted by Crippen LogP contribution is -2.49. The topological polar surface area (TPSA) is 99.8 Å². The second-order valence-corrected chi connectivity index (χ2v) is 9.17. The second-order valence-electron chi connectivity index (χ2n) is 7.29. The molecule has 2 aromatic rings. The zero-order valence-corrected chi connectivity index (χ0v) is 18.5. The van der Waals surface area contributed by atoms with Gasteiger partial charge in [0.15, 0.2) is 5.78 Å². The molecule has 1 aliphatic heterocycles. The number of H-pyrrole nitrogens is 1. The van der Waals surface area contributed by atoms with Gasteiger partial charge in [-0.1, -0.05) is 0 Å². The first-order valence-corrected chi connectivity index (χ1v) is 11.3. The lowest BCUT2D eigenvalue weighted by atomic mass is 10.1. The molecule has 9 heteroatoms. The third-order valence-corrected chi connectivity index (χ3v) is 7.34. The van der Waals surface area contributed by atoms with Crippen LogP contribution in [-0.2, 0) is 14.8 Å². The summed E-state index contributed by atoms with van der Waals surface area (Å²) in [5.41, 5.74) is 2.57. The van der Waals surface area contributed by atoms with Crippen molar-refractivity contribution in [1.29, 1.82) is 0 Å². The summed E-state index contributed by atoms with van der Waals surface area (Å²) in [4.78, 5) is 28.9. The largest absolute Gasteiger partial charge is 0.462 e. The van der Waals surface area contributed by atoms with Crippen molar-refractivity contribution in [1.82, 2.24) is 9.29 Å². The Bertz CT molecular complexity index is 1050. The van der Waals surface area contributed by atoms with Crippen LogP contribution in [0.4, 0.5) is 5.69 Å². The number of hydrogen-bond donors (Lipinski definition) is 1. The number of aromatic amines is 1. The molecule has 0 radical (unpaired) electrons. The molecule has 0 bridgehead atoms. The number of rotatable bonds is 6. The Morgan fingerprint density at radius 3 is 2.17 bits per heavy atom. The lowest BCUT2D eigenvalue weighted by Gasteiger charge is -2.35. The monoisotopic (exact) mass is 433 g/mol. The molecule has 0 amide bonds. The first-order valence-electron chi connectivity index (χ1n) is 9.89. The number of piperazine rings is 1. The van der Waals surface area contributed by atoms with Crippen molar-refractivity contribution in [3.8, 4) is 0 Å². The summed E-state index contributed by atoms with van der Waals surface area (Å²) in [7, 11) is -3.86. The van der Waals surface area contributed by atoms with Crippen molar-refractivity contribution in [3.63, 3.8) is 0 Å². The number of aryl methyl sites for hydroxylation is 2. The lowest BCUT2D eigenvalue weighted by molar-refractivity contribution is 0.0521. The van der Waals surface area contributed by atoms with Gasteiger partial charge in [-0.05, 0) is 52.0 Å². The molecule has 30 heavy (non-hydrogen) atoms. The van der Waals surface area contributed by atoms with E-state index in [9.17, 15) is 18.0 Å². The van der Waals surface area contributed by atoms with Gasteiger partial charge in [0.2, 0.25) is 10.0 Å². The van der Waals surface area contributed by atoms with Gasteiger partial charge in [-0.2, -0.15) is 4.31 Å². The Morgan fingerprint density at radius 1 is 1.03 bits per heavy atom. The number of esters is 1. The maximum atomic E-state index is 13.4. The minimum atomic E-state index is -3.86. The van der Waals surface area contributed by atoms with E-state index >= 15 is 0 Å². The number of anilines is 1. The second kappa shape index (κ2) is 8.61. The van der Waals surface area contributed by atoms with Crippen molar-refractivity contribution in [3.05, 3.63) is 46.8 Å². The first-order chi connectivity index (χ1) is 14.2. The highest BCUT2D eigenvalue weighted by Crippen LogP contribution is 2.29. The van der Waals surface area contributed by atoms with Crippen LogP contribution >= 0.6 is 0 Å². The number of carbonyl (C=O) groups excluding carboxylic acids is 2. The number of nitrogens with one attached hydrogen (secondary N) is 1.